The summed E-state index contributed by atoms with van der Waals surface area (Å²) < 4.78 is 6.68. The molecule has 1 aromatic carbocycles. The first kappa shape index (κ1) is 5.54. The van der Waals surface area contributed by atoms with Gasteiger partial charge in [0.05, 0.1) is 5.76 Å². The first-order valence-electron chi connectivity index (χ1n) is 3.54. The molecule has 1 aromatic rings. The maximum absolute atomic E-state index is 6.68. The standard InChI is InChI=1S/C9H10O/c1-7-5-3-4-6-9(7)8(2)10/h3-6,10H,1H2,2H3/b9-8+/i/hD. The molecule has 0 aliphatic carbocycles. The summed E-state index contributed by atoms with van der Waals surface area (Å²) >= 11 is 0. The molecule has 0 radical (unpaired) electrons. The molecule has 0 aliphatic heterocycles. The van der Waals surface area contributed by atoms with Crippen molar-refractivity contribution in [3.8, 4) is 0 Å². The van der Waals surface area contributed by atoms with E-state index in [1.807, 2.05) is 24.3 Å². The quantitative estimate of drug-likeness (QED) is 0.603. The monoisotopic (exact) mass is 135 g/mol. The van der Waals surface area contributed by atoms with E-state index >= 15 is 0 Å². The maximum atomic E-state index is 6.68. The van der Waals surface area contributed by atoms with Gasteiger partial charge in [0.1, 0.15) is 0 Å². The predicted octanol–water partition coefficient (Wildman–Crippen LogP) is 0.783. The Labute approximate surface area is 61.4 Å². The third-order valence-corrected chi connectivity index (χ3v) is 1.40. The Bertz CT molecular complexity index is 343. The van der Waals surface area contributed by atoms with Crippen LogP contribution in [0.4, 0.5) is 0 Å². The zero-order valence-electron chi connectivity index (χ0n) is 6.92. The third-order valence-electron chi connectivity index (χ3n) is 1.40. The maximum Gasteiger partial charge on any atom is 0.293 e. The van der Waals surface area contributed by atoms with Crippen molar-refractivity contribution in [2.75, 3.05) is 0 Å². The van der Waals surface area contributed by atoms with E-state index in [2.05, 4.69) is 11.7 Å². The zero-order valence-corrected chi connectivity index (χ0v) is 5.92. The van der Waals surface area contributed by atoms with Crippen LogP contribution in [0.1, 0.15) is 6.92 Å². The Kier molecular flexibility index (Phi) is 1.42. The van der Waals surface area contributed by atoms with Crippen molar-refractivity contribution in [2.45, 2.75) is 6.92 Å². The lowest BCUT2D eigenvalue weighted by molar-refractivity contribution is 0.498. The highest BCUT2D eigenvalue weighted by molar-refractivity contribution is 5.32. The molecule has 52 valence electrons. The minimum atomic E-state index is 0.579. The van der Waals surface area contributed by atoms with Gasteiger partial charge < -0.3 is 5.11 Å². The molecule has 0 aliphatic rings. The summed E-state index contributed by atoms with van der Waals surface area (Å²) in [5, 5.41) is 6.12. The molecule has 0 unspecified atom stereocenters. The van der Waals surface area contributed by atoms with Gasteiger partial charge in [0.15, 0.2) is 0 Å². The van der Waals surface area contributed by atoms with Crippen molar-refractivity contribution in [1.29, 1.82) is 1.43 Å². The summed E-state index contributed by atoms with van der Waals surface area (Å²) in [7, 11) is 0. The van der Waals surface area contributed by atoms with Crippen molar-refractivity contribution in [3.63, 3.8) is 0 Å². The van der Waals surface area contributed by atoms with Gasteiger partial charge in [-0.1, -0.05) is 30.8 Å². The molecule has 0 fully saturated rings. The molecule has 0 spiro atoms. The number of aliphatic hydroxyl groups excluding tert-OH is 1. The molecule has 1 rings (SSSR count). The molecule has 1 nitrogen and oxygen atoms in total. The second kappa shape index (κ2) is 2.56. The van der Waals surface area contributed by atoms with Crippen LogP contribution >= 0.6 is 0 Å². The van der Waals surface area contributed by atoms with Crippen LogP contribution in [0.3, 0.4) is 0 Å². The fourth-order valence-electron chi connectivity index (χ4n) is 0.864. The average Bonchev–Trinajstić information content (AvgIpc) is 2.04. The summed E-state index contributed by atoms with van der Waals surface area (Å²) in [6.45, 7) is 5.55. The average molecular weight is 135 g/mol. The Morgan fingerprint density at radius 3 is 2.90 bits per heavy atom. The van der Waals surface area contributed by atoms with Gasteiger partial charge >= 0.3 is 0 Å². The van der Waals surface area contributed by atoms with Gasteiger partial charge in [-0.3, -0.25) is 0 Å². The highest BCUT2D eigenvalue weighted by Gasteiger charge is 1.83. The fraction of sp³-hybridized carbons (Fsp3) is 0.111. The number of aliphatic hydroxyl groups is 1. The van der Waals surface area contributed by atoms with Crippen LogP contribution < -0.4 is 10.4 Å². The normalized spacial score (nSPS) is 13.9. The minimum Gasteiger partial charge on any atom is -0.512 e. The molecule has 0 saturated heterocycles. The Morgan fingerprint density at radius 2 is 2.30 bits per heavy atom. The van der Waals surface area contributed by atoms with Gasteiger partial charge in [0, 0.05) is 5.22 Å². The van der Waals surface area contributed by atoms with Crippen LogP contribution in [-0.2, 0) is 0 Å². The van der Waals surface area contributed by atoms with Gasteiger partial charge in [-0.15, -0.1) is 0 Å². The van der Waals surface area contributed by atoms with Crippen LogP contribution in [0.25, 0.3) is 13.8 Å². The zero-order chi connectivity index (χ0) is 8.27. The van der Waals surface area contributed by atoms with E-state index in [9.17, 15) is 0 Å². The lowest BCUT2D eigenvalue weighted by Crippen LogP contribution is -2.23. The molecule has 1 heteroatoms. The van der Waals surface area contributed by atoms with Crippen LogP contribution in [0.15, 0.2) is 24.3 Å². The van der Waals surface area contributed by atoms with Gasteiger partial charge in [0.2, 0.25) is 0 Å². The highest BCUT2D eigenvalue weighted by Crippen LogP contribution is 1.77. The van der Waals surface area contributed by atoms with Crippen LogP contribution in [-0.4, -0.2) is 5.11 Å². The van der Waals surface area contributed by atoms with Crippen molar-refractivity contribution < 1.29 is 5.11 Å². The molecule has 0 saturated carbocycles. The molecule has 1 N–H and O–H groups in total. The van der Waals surface area contributed by atoms with Gasteiger partial charge in [-0.25, -0.2) is 0 Å². The number of rotatable bonds is 1. The molecular formula is C9H10O. The second-order valence-electron chi connectivity index (χ2n) is 2.21. The van der Waals surface area contributed by atoms with Crippen LogP contribution in [0.2, 0.25) is 0 Å². The Balaban J connectivity index is 3.46. The smallest absolute Gasteiger partial charge is 0.293 e. The van der Waals surface area contributed by atoms with E-state index in [-0.39, 0.29) is 0 Å². The molecule has 10 heavy (non-hydrogen) atoms. The molecule has 0 amide bonds. The Morgan fingerprint density at radius 1 is 1.60 bits per heavy atom. The van der Waals surface area contributed by atoms with Crippen molar-refractivity contribution >= 4 is 12.3 Å². The van der Waals surface area contributed by atoms with E-state index < -0.39 is 0 Å². The number of hydrogen-bond acceptors (Lipinski definition) is 1. The Hall–Kier alpha value is -1.24. The summed E-state index contributed by atoms with van der Waals surface area (Å²) in [5.41, 5.74) is 0. The van der Waals surface area contributed by atoms with E-state index in [4.69, 9.17) is 1.43 Å². The van der Waals surface area contributed by atoms with E-state index in [1.165, 1.54) is 0 Å². The third kappa shape index (κ3) is 1.18. The first-order valence-corrected chi connectivity index (χ1v) is 3.14. The lowest BCUT2D eigenvalue weighted by Gasteiger charge is -1.89. The summed E-state index contributed by atoms with van der Waals surface area (Å²) in [4.78, 5) is 0. The van der Waals surface area contributed by atoms with E-state index in [1.54, 1.807) is 6.92 Å². The molecule has 0 aromatic heterocycles. The highest BCUT2D eigenvalue weighted by atomic mass is 16.3. The molecule has 0 heterocycles. The van der Waals surface area contributed by atoms with Crippen LogP contribution in [0, 0.1) is 0 Å². The van der Waals surface area contributed by atoms with E-state index in [0.29, 0.717) is 5.76 Å². The molecule has 0 atom stereocenters. The van der Waals surface area contributed by atoms with Gasteiger partial charge in [0.25, 0.3) is 1.43 Å². The largest absolute Gasteiger partial charge is 0.512 e. The minimum absolute atomic E-state index is 0.579. The molecular weight excluding hydrogens is 124 g/mol. The summed E-state index contributed by atoms with van der Waals surface area (Å²) in [5.74, 6) is 0.579. The topological polar surface area (TPSA) is 20.2 Å². The molecule has 0 bridgehead atoms. The van der Waals surface area contributed by atoms with Crippen molar-refractivity contribution in [1.82, 2.24) is 0 Å². The SMILES string of the molecule is [2H]O/C(C)=c1\ccccc1=C. The number of benzene rings is 1. The second-order valence-corrected chi connectivity index (χ2v) is 2.21. The van der Waals surface area contributed by atoms with Crippen LogP contribution in [0.5, 0.6) is 0 Å². The summed E-state index contributed by atoms with van der Waals surface area (Å²) in [6, 6.07) is 7.57. The predicted molar refractivity (Wildman–Crippen MR) is 42.9 cm³/mol. The lowest BCUT2D eigenvalue weighted by atomic mass is 10.2. The summed E-state index contributed by atoms with van der Waals surface area (Å²) in [6.07, 6.45) is 0. The fourth-order valence-corrected chi connectivity index (χ4v) is 0.864. The van der Waals surface area contributed by atoms with Crippen molar-refractivity contribution in [2.24, 2.45) is 0 Å². The van der Waals surface area contributed by atoms with E-state index in [0.717, 1.165) is 10.4 Å². The van der Waals surface area contributed by atoms with Gasteiger partial charge in [-0.2, -0.15) is 0 Å². The van der Waals surface area contributed by atoms with Gasteiger partial charge in [-0.05, 0) is 12.1 Å². The first-order chi connectivity index (χ1) is 5.25. The number of hydrogen-bond donors (Lipinski definition) is 1. The van der Waals surface area contributed by atoms with Crippen molar-refractivity contribution in [3.05, 3.63) is 34.7 Å².